The Kier molecular flexibility index (Phi) is 7.63. The molecule has 0 atom stereocenters. The molecule has 1 amide bonds. The van der Waals surface area contributed by atoms with Gasteiger partial charge in [-0.2, -0.15) is 5.10 Å². The largest absolute Gasteiger partial charge is 0.497 e. The van der Waals surface area contributed by atoms with E-state index in [9.17, 15) is 14.4 Å². The van der Waals surface area contributed by atoms with Crippen LogP contribution < -0.4 is 10.1 Å². The molecule has 0 saturated carbocycles. The Hall–Kier alpha value is -4.92. The number of amides is 1. The monoisotopic (exact) mass is 499 g/mol. The quantitative estimate of drug-likeness (QED) is 0.348. The van der Waals surface area contributed by atoms with Crippen molar-refractivity contribution in [3.05, 3.63) is 95.7 Å². The van der Waals surface area contributed by atoms with Gasteiger partial charge in [0.25, 0.3) is 5.91 Å². The third kappa shape index (κ3) is 5.67. The number of benzene rings is 3. The average Bonchev–Trinajstić information content (AvgIpc) is 3.39. The molecule has 0 spiro atoms. The molecule has 4 rings (SSSR count). The summed E-state index contributed by atoms with van der Waals surface area (Å²) in [6, 6.07) is 22.2. The summed E-state index contributed by atoms with van der Waals surface area (Å²) < 4.78 is 16.7. The van der Waals surface area contributed by atoms with Crippen LogP contribution in [0, 0.1) is 0 Å². The van der Waals surface area contributed by atoms with Gasteiger partial charge in [-0.05, 0) is 73.7 Å². The van der Waals surface area contributed by atoms with E-state index in [1.807, 2.05) is 18.2 Å². The van der Waals surface area contributed by atoms with Gasteiger partial charge >= 0.3 is 11.9 Å². The van der Waals surface area contributed by atoms with Crippen molar-refractivity contribution in [1.29, 1.82) is 0 Å². The van der Waals surface area contributed by atoms with Gasteiger partial charge in [-0.3, -0.25) is 4.79 Å². The topological polar surface area (TPSA) is 109 Å². The molecule has 0 unspecified atom stereocenters. The van der Waals surface area contributed by atoms with Gasteiger partial charge in [-0.1, -0.05) is 12.1 Å². The lowest BCUT2D eigenvalue weighted by atomic mass is 10.1. The second-order valence-electron chi connectivity index (χ2n) is 7.85. The number of anilines is 1. The Morgan fingerprint density at radius 2 is 1.57 bits per heavy atom. The number of aromatic nitrogens is 2. The number of ether oxygens (including phenoxy) is 3. The van der Waals surface area contributed by atoms with Gasteiger partial charge in [0.15, 0.2) is 5.69 Å². The minimum atomic E-state index is -0.532. The Labute approximate surface area is 213 Å². The van der Waals surface area contributed by atoms with Gasteiger partial charge in [0.05, 0.1) is 37.8 Å². The van der Waals surface area contributed by atoms with Crippen molar-refractivity contribution in [2.45, 2.75) is 6.92 Å². The van der Waals surface area contributed by atoms with Crippen LogP contribution in [-0.2, 0) is 9.47 Å². The highest BCUT2D eigenvalue weighted by molar-refractivity contribution is 6.05. The molecule has 4 aromatic rings. The summed E-state index contributed by atoms with van der Waals surface area (Å²) >= 11 is 0. The first kappa shape index (κ1) is 25.2. The van der Waals surface area contributed by atoms with E-state index >= 15 is 0 Å². The third-order valence-electron chi connectivity index (χ3n) is 5.50. The van der Waals surface area contributed by atoms with E-state index in [4.69, 9.17) is 9.47 Å². The number of carbonyl (C=O) groups excluding carboxylic acids is 3. The lowest BCUT2D eigenvalue weighted by molar-refractivity contribution is 0.0518. The predicted molar refractivity (Wildman–Crippen MR) is 137 cm³/mol. The van der Waals surface area contributed by atoms with E-state index in [-0.39, 0.29) is 18.2 Å². The van der Waals surface area contributed by atoms with Crippen LogP contribution in [0.4, 0.5) is 5.69 Å². The first-order chi connectivity index (χ1) is 17.9. The Morgan fingerprint density at radius 1 is 0.865 bits per heavy atom. The smallest absolute Gasteiger partial charge is 0.358 e. The van der Waals surface area contributed by atoms with Crippen LogP contribution in [0.2, 0.25) is 0 Å². The molecule has 0 aliphatic heterocycles. The second kappa shape index (κ2) is 11.2. The molecule has 9 nitrogen and oxygen atoms in total. The SMILES string of the molecule is CCOC(=O)c1cc(-c2cccc(NC(=O)c3ccc(C(=O)OC)cc3)c2)n(-c2ccc(OC)cc2)n1. The number of rotatable bonds is 8. The van der Waals surface area contributed by atoms with E-state index < -0.39 is 11.9 Å². The molecule has 0 aliphatic rings. The summed E-state index contributed by atoms with van der Waals surface area (Å²) in [5, 5.41) is 7.34. The molecule has 9 heteroatoms. The second-order valence-corrected chi connectivity index (χ2v) is 7.85. The van der Waals surface area contributed by atoms with Crippen molar-refractivity contribution in [2.75, 3.05) is 26.1 Å². The molecule has 1 N–H and O–H groups in total. The van der Waals surface area contributed by atoms with E-state index in [2.05, 4.69) is 15.2 Å². The summed E-state index contributed by atoms with van der Waals surface area (Å²) in [6.07, 6.45) is 0. The molecule has 0 fully saturated rings. The minimum Gasteiger partial charge on any atom is -0.497 e. The van der Waals surface area contributed by atoms with Crippen LogP contribution in [-0.4, -0.2) is 48.5 Å². The zero-order chi connectivity index (χ0) is 26.4. The Bertz CT molecular complexity index is 1430. The molecule has 3 aromatic carbocycles. The highest BCUT2D eigenvalue weighted by Crippen LogP contribution is 2.28. The van der Waals surface area contributed by atoms with Gasteiger partial charge in [0, 0.05) is 16.8 Å². The highest BCUT2D eigenvalue weighted by atomic mass is 16.5. The standard InChI is InChI=1S/C28H25N3O6/c1-4-37-28(34)24-17-25(31(30-24)22-12-14-23(35-2)15-13-22)20-6-5-7-21(16-20)29-26(32)18-8-10-19(11-9-18)27(33)36-3/h5-17H,4H2,1-3H3,(H,29,32). The fourth-order valence-electron chi connectivity index (χ4n) is 3.65. The van der Waals surface area contributed by atoms with Crippen molar-refractivity contribution in [3.63, 3.8) is 0 Å². The minimum absolute atomic E-state index is 0.160. The lowest BCUT2D eigenvalue weighted by Gasteiger charge is -2.11. The van der Waals surface area contributed by atoms with Crippen LogP contribution in [0.5, 0.6) is 5.75 Å². The number of hydrogen-bond acceptors (Lipinski definition) is 7. The molecule has 0 aliphatic carbocycles. The van der Waals surface area contributed by atoms with Crippen LogP contribution in [0.25, 0.3) is 16.9 Å². The summed E-state index contributed by atoms with van der Waals surface area (Å²) in [5.74, 6) is -0.664. The summed E-state index contributed by atoms with van der Waals surface area (Å²) in [5.41, 5.74) is 3.50. The molecular formula is C28H25N3O6. The van der Waals surface area contributed by atoms with Gasteiger partial charge in [0.2, 0.25) is 0 Å². The van der Waals surface area contributed by atoms with Crippen LogP contribution in [0.1, 0.15) is 38.1 Å². The van der Waals surface area contributed by atoms with Gasteiger partial charge in [0.1, 0.15) is 5.75 Å². The number of nitrogens with one attached hydrogen (secondary N) is 1. The van der Waals surface area contributed by atoms with Crippen molar-refractivity contribution in [2.24, 2.45) is 0 Å². The van der Waals surface area contributed by atoms with Crippen molar-refractivity contribution >= 4 is 23.5 Å². The maximum Gasteiger partial charge on any atom is 0.358 e. The van der Waals surface area contributed by atoms with E-state index in [1.165, 1.54) is 19.2 Å². The number of nitrogens with zero attached hydrogens (tertiary/aromatic N) is 2. The molecule has 0 radical (unpaired) electrons. The van der Waals surface area contributed by atoms with E-state index in [0.29, 0.717) is 33.9 Å². The molecule has 1 heterocycles. The maximum atomic E-state index is 12.8. The average molecular weight is 500 g/mol. The highest BCUT2D eigenvalue weighted by Gasteiger charge is 2.18. The Morgan fingerprint density at radius 3 is 2.22 bits per heavy atom. The number of carbonyl (C=O) groups is 3. The molecular weight excluding hydrogens is 474 g/mol. The molecule has 37 heavy (non-hydrogen) atoms. The maximum absolute atomic E-state index is 12.8. The number of hydrogen-bond donors (Lipinski definition) is 1. The van der Waals surface area contributed by atoms with Crippen LogP contribution in [0.15, 0.2) is 78.9 Å². The van der Waals surface area contributed by atoms with Crippen LogP contribution in [0.3, 0.4) is 0 Å². The van der Waals surface area contributed by atoms with Gasteiger partial charge in [-0.25, -0.2) is 14.3 Å². The van der Waals surface area contributed by atoms with E-state index in [1.54, 1.807) is 67.2 Å². The molecule has 0 bridgehead atoms. The summed E-state index contributed by atoms with van der Waals surface area (Å²) in [7, 11) is 2.88. The van der Waals surface area contributed by atoms with Crippen molar-refractivity contribution in [1.82, 2.24) is 9.78 Å². The van der Waals surface area contributed by atoms with Gasteiger partial charge < -0.3 is 19.5 Å². The third-order valence-corrected chi connectivity index (χ3v) is 5.50. The number of esters is 2. The first-order valence-corrected chi connectivity index (χ1v) is 11.4. The lowest BCUT2D eigenvalue weighted by Crippen LogP contribution is -2.12. The molecule has 1 aromatic heterocycles. The molecule has 0 saturated heterocycles. The number of methoxy groups -OCH3 is 2. The van der Waals surface area contributed by atoms with E-state index in [0.717, 1.165) is 5.56 Å². The summed E-state index contributed by atoms with van der Waals surface area (Å²) in [6.45, 7) is 1.96. The molecule has 188 valence electrons. The Balaban J connectivity index is 1.65. The zero-order valence-electron chi connectivity index (χ0n) is 20.6. The van der Waals surface area contributed by atoms with Crippen LogP contribution >= 0.6 is 0 Å². The van der Waals surface area contributed by atoms with Crippen molar-refractivity contribution in [3.8, 4) is 22.7 Å². The fourth-order valence-corrected chi connectivity index (χ4v) is 3.65. The summed E-state index contributed by atoms with van der Waals surface area (Å²) in [4.78, 5) is 36.9. The fraction of sp³-hybridized carbons (Fsp3) is 0.143. The zero-order valence-corrected chi connectivity index (χ0v) is 20.6. The predicted octanol–water partition coefficient (Wildman–Crippen LogP) is 4.76. The van der Waals surface area contributed by atoms with Crippen molar-refractivity contribution < 1.29 is 28.6 Å². The normalized spacial score (nSPS) is 10.5. The first-order valence-electron chi connectivity index (χ1n) is 11.4. The van der Waals surface area contributed by atoms with Gasteiger partial charge in [-0.15, -0.1) is 0 Å².